The van der Waals surface area contributed by atoms with Gasteiger partial charge in [-0.2, -0.15) is 5.10 Å². The molecule has 0 radical (unpaired) electrons. The van der Waals surface area contributed by atoms with Crippen molar-refractivity contribution in [2.45, 2.75) is 26.8 Å². The number of hydrogen-bond acceptors (Lipinski definition) is 10. The van der Waals surface area contributed by atoms with Gasteiger partial charge in [0.25, 0.3) is 5.56 Å². The first-order valence-electron chi connectivity index (χ1n) is 14.0. The molecule has 0 amide bonds. The molecule has 45 heavy (non-hydrogen) atoms. The number of thiazole rings is 1. The molecule has 0 spiro atoms. The normalized spacial score (nSPS) is 14.6. The van der Waals surface area contributed by atoms with Gasteiger partial charge in [0.05, 0.1) is 46.1 Å². The summed E-state index contributed by atoms with van der Waals surface area (Å²) in [5.41, 5.74) is 3.29. The number of aromatic nitrogens is 3. The Labute approximate surface area is 265 Å². The van der Waals surface area contributed by atoms with Crippen LogP contribution in [0.5, 0.6) is 11.5 Å². The van der Waals surface area contributed by atoms with Crippen molar-refractivity contribution >= 4 is 40.7 Å². The maximum atomic E-state index is 14.3. The van der Waals surface area contributed by atoms with Crippen molar-refractivity contribution in [2.24, 2.45) is 4.99 Å². The maximum absolute atomic E-state index is 14.3. The van der Waals surface area contributed by atoms with Gasteiger partial charge in [-0.3, -0.25) is 14.2 Å². The summed E-state index contributed by atoms with van der Waals surface area (Å²) in [6, 6.07) is 17.7. The molecule has 0 saturated carbocycles. The number of rotatable bonds is 8. The second kappa shape index (κ2) is 12.5. The molecule has 12 heteroatoms. The molecule has 5 aromatic rings. The number of hydrogen-bond donors (Lipinski definition) is 0. The number of methoxy groups -OCH3 is 1. The van der Waals surface area contributed by atoms with Gasteiger partial charge < -0.3 is 14.2 Å². The van der Waals surface area contributed by atoms with Crippen molar-refractivity contribution in [3.63, 3.8) is 0 Å². The molecule has 10 nitrogen and oxygen atoms in total. The van der Waals surface area contributed by atoms with E-state index in [0.29, 0.717) is 20.6 Å². The molecule has 1 aliphatic heterocycles. The zero-order valence-electron chi connectivity index (χ0n) is 24.8. The minimum absolute atomic E-state index is 0.151. The molecular formula is C33H28N4O6S2. The smallest absolute Gasteiger partial charge is 0.338 e. The topological polar surface area (TPSA) is 114 Å². The number of nitrogens with zero attached hydrogens (tertiary/aromatic N) is 4. The molecule has 1 unspecified atom stereocenters. The van der Waals surface area contributed by atoms with E-state index in [0.717, 1.165) is 21.8 Å². The summed E-state index contributed by atoms with van der Waals surface area (Å²) in [6.07, 6.45) is 3.71. The summed E-state index contributed by atoms with van der Waals surface area (Å²) in [4.78, 5) is 45.3. The number of para-hydroxylation sites is 1. The van der Waals surface area contributed by atoms with Crippen LogP contribution in [-0.2, 0) is 14.3 Å². The summed E-state index contributed by atoms with van der Waals surface area (Å²) >= 11 is 2.79. The zero-order valence-corrected chi connectivity index (χ0v) is 26.5. The van der Waals surface area contributed by atoms with E-state index < -0.39 is 18.0 Å². The van der Waals surface area contributed by atoms with Gasteiger partial charge >= 0.3 is 11.9 Å². The molecule has 4 heterocycles. The monoisotopic (exact) mass is 640 g/mol. The van der Waals surface area contributed by atoms with E-state index in [4.69, 9.17) is 19.3 Å². The highest BCUT2D eigenvalue weighted by Gasteiger charge is 2.34. The quantitative estimate of drug-likeness (QED) is 0.179. The fourth-order valence-corrected chi connectivity index (χ4v) is 6.92. The van der Waals surface area contributed by atoms with E-state index in [9.17, 15) is 14.4 Å². The van der Waals surface area contributed by atoms with Gasteiger partial charge in [0, 0.05) is 18.7 Å². The highest BCUT2D eigenvalue weighted by Crippen LogP contribution is 2.36. The average molecular weight is 641 g/mol. The Morgan fingerprint density at radius 2 is 1.87 bits per heavy atom. The van der Waals surface area contributed by atoms with Crippen molar-refractivity contribution in [1.29, 1.82) is 0 Å². The van der Waals surface area contributed by atoms with Crippen molar-refractivity contribution < 1.29 is 23.8 Å². The highest BCUT2D eigenvalue weighted by molar-refractivity contribution is 7.13. The Kier molecular flexibility index (Phi) is 8.33. The lowest BCUT2D eigenvalue weighted by atomic mass is 9.95. The number of carbonyl (C=O) groups is 2. The van der Waals surface area contributed by atoms with E-state index in [1.807, 2.05) is 60.1 Å². The summed E-state index contributed by atoms with van der Waals surface area (Å²) in [7, 11) is 1.45. The molecule has 2 aromatic carbocycles. The van der Waals surface area contributed by atoms with Crippen LogP contribution in [0.25, 0.3) is 22.3 Å². The highest BCUT2D eigenvalue weighted by atomic mass is 32.1. The summed E-state index contributed by atoms with van der Waals surface area (Å²) in [5, 5.41) is 6.84. The molecule has 0 saturated heterocycles. The standard InChI is InChI=1S/C33H28N4O6S2/c1-5-42-32(40)28-19(2)34-33-37(30(28)21-13-14-24(43-20(3)38)25(16-21)41-4)31(39)27(45-33)17-22-18-36(23-10-7-6-8-11-23)35-29(22)26-12-9-15-44-26/h6-18,30H,5H2,1-4H3/b27-17+. The number of benzene rings is 2. The van der Waals surface area contributed by atoms with Crippen LogP contribution in [0.1, 0.15) is 37.9 Å². The van der Waals surface area contributed by atoms with Crippen LogP contribution < -0.4 is 24.4 Å². The third-order valence-electron chi connectivity index (χ3n) is 7.08. The van der Waals surface area contributed by atoms with Crippen LogP contribution >= 0.6 is 22.7 Å². The van der Waals surface area contributed by atoms with E-state index in [-0.39, 0.29) is 29.2 Å². The van der Waals surface area contributed by atoms with E-state index >= 15 is 0 Å². The third kappa shape index (κ3) is 5.77. The molecule has 0 N–H and O–H groups in total. The van der Waals surface area contributed by atoms with Crippen LogP contribution in [-0.4, -0.2) is 40.0 Å². The second-order valence-corrected chi connectivity index (χ2v) is 12.0. The molecular weight excluding hydrogens is 613 g/mol. The number of allylic oxidation sites excluding steroid dienone is 1. The number of fused-ring (bicyclic) bond motifs is 1. The number of esters is 2. The van der Waals surface area contributed by atoms with Crippen molar-refractivity contribution in [1.82, 2.24) is 14.3 Å². The van der Waals surface area contributed by atoms with E-state index in [2.05, 4.69) is 4.99 Å². The van der Waals surface area contributed by atoms with Gasteiger partial charge in [-0.25, -0.2) is 14.5 Å². The van der Waals surface area contributed by atoms with Gasteiger partial charge in [-0.1, -0.05) is 41.7 Å². The summed E-state index contributed by atoms with van der Waals surface area (Å²) in [6.45, 7) is 4.89. The van der Waals surface area contributed by atoms with Gasteiger partial charge in [-0.05, 0) is 61.2 Å². The predicted molar refractivity (Wildman–Crippen MR) is 172 cm³/mol. The first-order valence-corrected chi connectivity index (χ1v) is 15.7. The minimum atomic E-state index is -0.869. The lowest BCUT2D eigenvalue weighted by Crippen LogP contribution is -2.40. The first-order chi connectivity index (χ1) is 21.8. The van der Waals surface area contributed by atoms with Crippen molar-refractivity contribution in [3.8, 4) is 27.8 Å². The predicted octanol–water partition coefficient (Wildman–Crippen LogP) is 4.65. The molecule has 0 bridgehead atoms. The summed E-state index contributed by atoms with van der Waals surface area (Å²) < 4.78 is 19.9. The Hall–Kier alpha value is -5.07. The third-order valence-corrected chi connectivity index (χ3v) is 8.94. The van der Waals surface area contributed by atoms with Crippen LogP contribution in [0.15, 0.2) is 93.3 Å². The minimum Gasteiger partial charge on any atom is -0.493 e. The van der Waals surface area contributed by atoms with Crippen molar-refractivity contribution in [3.05, 3.63) is 114 Å². The van der Waals surface area contributed by atoms with Gasteiger partial charge in [0.1, 0.15) is 5.69 Å². The lowest BCUT2D eigenvalue weighted by molar-refractivity contribution is -0.139. The van der Waals surface area contributed by atoms with Crippen LogP contribution in [0, 0.1) is 0 Å². The maximum Gasteiger partial charge on any atom is 0.338 e. The fourth-order valence-electron chi connectivity index (χ4n) is 5.15. The fraction of sp³-hybridized carbons (Fsp3) is 0.182. The average Bonchev–Trinajstić information content (AvgIpc) is 3.77. The van der Waals surface area contributed by atoms with Crippen LogP contribution in [0.4, 0.5) is 0 Å². The molecule has 1 aliphatic rings. The zero-order chi connectivity index (χ0) is 31.7. The molecule has 228 valence electrons. The van der Waals surface area contributed by atoms with Gasteiger partial charge in [0.2, 0.25) is 0 Å². The summed E-state index contributed by atoms with van der Waals surface area (Å²) in [5.74, 6) is -0.590. The molecule has 0 fully saturated rings. The van der Waals surface area contributed by atoms with E-state index in [1.54, 1.807) is 48.1 Å². The SMILES string of the molecule is CCOC(=O)C1=C(C)N=c2s/c(=C/c3cn(-c4ccccc4)nc3-c3cccs3)c(=O)n2C1c1ccc(OC(C)=O)c(OC)c1. The largest absolute Gasteiger partial charge is 0.493 e. The molecule has 6 rings (SSSR count). The van der Waals surface area contributed by atoms with Crippen LogP contribution in [0.3, 0.4) is 0 Å². The molecule has 0 aliphatic carbocycles. The Balaban J connectivity index is 1.55. The van der Waals surface area contributed by atoms with Crippen LogP contribution in [0.2, 0.25) is 0 Å². The first kappa shape index (κ1) is 30.0. The Morgan fingerprint density at radius 1 is 1.07 bits per heavy atom. The van der Waals surface area contributed by atoms with Gasteiger partial charge in [-0.15, -0.1) is 11.3 Å². The molecule has 3 aromatic heterocycles. The van der Waals surface area contributed by atoms with Gasteiger partial charge in [0.15, 0.2) is 16.3 Å². The lowest BCUT2D eigenvalue weighted by Gasteiger charge is -2.25. The van der Waals surface area contributed by atoms with E-state index in [1.165, 1.54) is 29.9 Å². The number of thiophene rings is 1. The number of carbonyl (C=O) groups excluding carboxylic acids is 2. The molecule has 1 atom stereocenters. The second-order valence-electron chi connectivity index (χ2n) is 10.00. The Morgan fingerprint density at radius 3 is 2.56 bits per heavy atom. The Bertz CT molecular complexity index is 2120. The number of ether oxygens (including phenoxy) is 3. The van der Waals surface area contributed by atoms with Crippen molar-refractivity contribution in [2.75, 3.05) is 13.7 Å².